The molecule has 64 valence electrons. The Morgan fingerprint density at radius 2 is 1.92 bits per heavy atom. The minimum absolute atomic E-state index is 0.363. The zero-order valence-electron chi connectivity index (χ0n) is 6.46. The van der Waals surface area contributed by atoms with Crippen LogP contribution in [0.2, 0.25) is 0 Å². The topological polar surface area (TPSA) is 70.7 Å². The van der Waals surface area contributed by atoms with Gasteiger partial charge < -0.3 is 0 Å². The quantitative estimate of drug-likeness (QED) is 0.460. The number of nitrogens with zero attached hydrogens (tertiary/aromatic N) is 1. The van der Waals surface area contributed by atoms with Crippen LogP contribution in [0.5, 0.6) is 0 Å². The smallest absolute Gasteiger partial charge is 0.247 e. The number of rotatable bonds is 3. The predicted molar refractivity (Wildman–Crippen MR) is 43.7 cm³/mol. The van der Waals surface area contributed by atoms with Crippen LogP contribution in [0, 0.1) is 12.3 Å². The van der Waals surface area contributed by atoms with Gasteiger partial charge in [0, 0.05) is 13.0 Å². The highest BCUT2D eigenvalue weighted by molar-refractivity contribution is 4.83. The van der Waals surface area contributed by atoms with E-state index >= 15 is 0 Å². The van der Waals surface area contributed by atoms with Gasteiger partial charge in [-0.1, -0.05) is 0 Å². The van der Waals surface area contributed by atoms with Crippen LogP contribution in [-0.2, 0) is 6.54 Å². The zero-order valence-corrected chi connectivity index (χ0v) is 6.46. The first-order chi connectivity index (χ1) is 5.75. The average molecular weight is 167 g/mol. The van der Waals surface area contributed by atoms with E-state index in [0.717, 1.165) is 4.57 Å². The molecule has 5 heteroatoms. The zero-order chi connectivity index (χ0) is 8.97. The maximum absolute atomic E-state index is 10.9. The summed E-state index contributed by atoms with van der Waals surface area (Å²) in [6.07, 6.45) is 6.22. The van der Waals surface area contributed by atoms with Crippen molar-refractivity contribution in [3.8, 4) is 12.3 Å². The van der Waals surface area contributed by atoms with Crippen molar-refractivity contribution >= 4 is 0 Å². The fourth-order valence-electron chi connectivity index (χ4n) is 0.876. The summed E-state index contributed by atoms with van der Waals surface area (Å²) >= 11 is 0. The normalized spacial score (nSPS) is 9.58. The lowest BCUT2D eigenvalue weighted by molar-refractivity contribution is 0.617. The Morgan fingerprint density at radius 3 is 2.42 bits per heavy atom. The third-order valence-corrected chi connectivity index (χ3v) is 1.47. The number of unbranched alkanes of at least 4 members (excludes halogenated alkanes) is 1. The fraction of sp³-hybridized carbons (Fsp3) is 0.429. The second-order valence-electron chi connectivity index (χ2n) is 2.32. The Labute approximate surface area is 68.4 Å². The highest BCUT2D eigenvalue weighted by Gasteiger charge is 1.99. The molecule has 1 aromatic rings. The Kier molecular flexibility index (Phi) is 2.53. The number of hydrogen-bond donors (Lipinski definition) is 2. The van der Waals surface area contributed by atoms with Crippen molar-refractivity contribution in [1.82, 2.24) is 14.8 Å². The third kappa shape index (κ3) is 1.66. The van der Waals surface area contributed by atoms with Crippen molar-refractivity contribution < 1.29 is 0 Å². The van der Waals surface area contributed by atoms with Gasteiger partial charge >= 0.3 is 11.4 Å². The van der Waals surface area contributed by atoms with Crippen molar-refractivity contribution in [1.29, 1.82) is 0 Å². The summed E-state index contributed by atoms with van der Waals surface area (Å²) in [6, 6.07) is 0. The second kappa shape index (κ2) is 3.62. The molecule has 1 heterocycles. The van der Waals surface area contributed by atoms with E-state index in [9.17, 15) is 9.59 Å². The van der Waals surface area contributed by atoms with Gasteiger partial charge in [-0.2, -0.15) is 0 Å². The van der Waals surface area contributed by atoms with E-state index in [4.69, 9.17) is 6.42 Å². The first-order valence-electron chi connectivity index (χ1n) is 3.56. The van der Waals surface area contributed by atoms with Gasteiger partial charge in [-0.3, -0.25) is 0 Å². The molecule has 5 nitrogen and oxygen atoms in total. The van der Waals surface area contributed by atoms with E-state index in [0.29, 0.717) is 19.4 Å². The molecule has 0 saturated carbocycles. The van der Waals surface area contributed by atoms with Crippen molar-refractivity contribution in [3.63, 3.8) is 0 Å². The van der Waals surface area contributed by atoms with Gasteiger partial charge in [0.15, 0.2) is 0 Å². The van der Waals surface area contributed by atoms with Crippen molar-refractivity contribution in [2.75, 3.05) is 0 Å². The molecule has 0 bridgehead atoms. The summed E-state index contributed by atoms with van der Waals surface area (Å²) in [5, 5.41) is 4.36. The number of terminal acetylenes is 1. The second-order valence-corrected chi connectivity index (χ2v) is 2.32. The van der Waals surface area contributed by atoms with Crippen LogP contribution in [0.1, 0.15) is 12.8 Å². The summed E-state index contributed by atoms with van der Waals surface area (Å²) < 4.78 is 1.08. The standard InChI is InChI=1S/C7H9N3O2/c1-2-3-4-5-10-6(11)8-9-7(10)12/h1H,3-5H2,(H,8,11)(H,9,12). The van der Waals surface area contributed by atoms with E-state index in [1.807, 2.05) is 0 Å². The number of aromatic amines is 2. The molecule has 1 aromatic heterocycles. The highest BCUT2D eigenvalue weighted by Crippen LogP contribution is 1.86. The number of nitrogens with one attached hydrogen (secondary N) is 2. The summed E-state index contributed by atoms with van der Waals surface area (Å²) in [5.41, 5.74) is -0.839. The van der Waals surface area contributed by atoms with Crippen LogP contribution >= 0.6 is 0 Å². The maximum atomic E-state index is 10.9. The lowest BCUT2D eigenvalue weighted by Crippen LogP contribution is -2.26. The van der Waals surface area contributed by atoms with Gasteiger partial charge in [-0.15, -0.1) is 12.3 Å². The molecular weight excluding hydrogens is 158 g/mol. The average Bonchev–Trinajstić information content (AvgIpc) is 2.35. The van der Waals surface area contributed by atoms with Crippen molar-refractivity contribution in [2.45, 2.75) is 19.4 Å². The Balaban J connectivity index is 2.70. The molecule has 12 heavy (non-hydrogen) atoms. The Morgan fingerprint density at radius 1 is 1.33 bits per heavy atom. The molecule has 0 atom stereocenters. The number of H-pyrrole nitrogens is 2. The minimum Gasteiger partial charge on any atom is -0.247 e. The fourth-order valence-corrected chi connectivity index (χ4v) is 0.876. The molecule has 0 radical (unpaired) electrons. The monoisotopic (exact) mass is 167 g/mol. The van der Waals surface area contributed by atoms with E-state index in [2.05, 4.69) is 16.1 Å². The van der Waals surface area contributed by atoms with Crippen molar-refractivity contribution in [2.24, 2.45) is 0 Å². The van der Waals surface area contributed by atoms with E-state index in [-0.39, 0.29) is 0 Å². The third-order valence-electron chi connectivity index (χ3n) is 1.47. The Hall–Kier alpha value is -1.70. The van der Waals surface area contributed by atoms with Crippen LogP contribution in [-0.4, -0.2) is 14.8 Å². The van der Waals surface area contributed by atoms with Gasteiger partial charge in [0.1, 0.15) is 0 Å². The lowest BCUT2D eigenvalue weighted by Gasteiger charge is -1.93. The molecule has 0 aromatic carbocycles. The number of aromatic nitrogens is 3. The Bertz CT molecular complexity index is 362. The number of hydrogen-bond acceptors (Lipinski definition) is 2. The summed E-state index contributed by atoms with van der Waals surface area (Å²) in [7, 11) is 0. The highest BCUT2D eigenvalue weighted by atomic mass is 16.2. The molecule has 0 saturated heterocycles. The van der Waals surface area contributed by atoms with Crippen LogP contribution in [0.3, 0.4) is 0 Å². The molecule has 0 fully saturated rings. The van der Waals surface area contributed by atoms with Crippen LogP contribution < -0.4 is 11.4 Å². The first kappa shape index (κ1) is 8.40. The molecule has 0 aliphatic carbocycles. The molecule has 0 unspecified atom stereocenters. The molecular formula is C7H9N3O2. The molecule has 2 N–H and O–H groups in total. The molecule has 0 amide bonds. The molecule has 0 aliphatic rings. The summed E-state index contributed by atoms with van der Waals surface area (Å²) in [6.45, 7) is 0.363. The van der Waals surface area contributed by atoms with E-state index in [1.165, 1.54) is 0 Å². The molecule has 0 aliphatic heterocycles. The van der Waals surface area contributed by atoms with Gasteiger partial charge in [-0.05, 0) is 6.42 Å². The van der Waals surface area contributed by atoms with E-state index < -0.39 is 11.4 Å². The summed E-state index contributed by atoms with van der Waals surface area (Å²) in [5.74, 6) is 2.43. The molecule has 0 spiro atoms. The first-order valence-corrected chi connectivity index (χ1v) is 3.56. The largest absolute Gasteiger partial charge is 0.344 e. The van der Waals surface area contributed by atoms with E-state index in [1.54, 1.807) is 0 Å². The molecule has 1 rings (SSSR count). The maximum Gasteiger partial charge on any atom is 0.344 e. The minimum atomic E-state index is -0.419. The summed E-state index contributed by atoms with van der Waals surface area (Å²) in [4.78, 5) is 21.7. The van der Waals surface area contributed by atoms with Gasteiger partial charge in [0.05, 0.1) is 0 Å². The van der Waals surface area contributed by atoms with Crippen LogP contribution in [0.4, 0.5) is 0 Å². The van der Waals surface area contributed by atoms with Crippen LogP contribution in [0.15, 0.2) is 9.59 Å². The van der Waals surface area contributed by atoms with Crippen molar-refractivity contribution in [3.05, 3.63) is 21.0 Å². The van der Waals surface area contributed by atoms with Gasteiger partial charge in [-0.25, -0.2) is 24.4 Å². The predicted octanol–water partition coefficient (Wildman–Crippen LogP) is -0.722. The van der Waals surface area contributed by atoms with Gasteiger partial charge in [0.25, 0.3) is 0 Å². The lowest BCUT2D eigenvalue weighted by atomic mass is 10.3. The van der Waals surface area contributed by atoms with Gasteiger partial charge in [0.2, 0.25) is 0 Å². The SMILES string of the molecule is C#CCCCn1c(=O)[nH][nH]c1=O. The van der Waals surface area contributed by atoms with Crippen LogP contribution in [0.25, 0.3) is 0 Å².